The normalized spacial score (nSPS) is 16.2. The van der Waals surface area contributed by atoms with Crippen LogP contribution in [-0.2, 0) is 11.3 Å². The molecule has 4 heteroatoms. The zero-order valence-electron chi connectivity index (χ0n) is 13.4. The Morgan fingerprint density at radius 2 is 2.00 bits per heavy atom. The smallest absolute Gasteiger partial charge is 0.226 e. The summed E-state index contributed by atoms with van der Waals surface area (Å²) in [5.74, 6) is 0.424. The number of amides is 1. The first kappa shape index (κ1) is 16.5. The lowest BCUT2D eigenvalue weighted by molar-refractivity contribution is -0.137. The number of carbonyl (C=O) groups is 1. The topological polar surface area (TPSA) is 47.3 Å². The molecule has 1 saturated heterocycles. The number of hydrogen-bond donors (Lipinski definition) is 0. The minimum atomic E-state index is 0.141. The van der Waals surface area contributed by atoms with Gasteiger partial charge in [-0.1, -0.05) is 30.3 Å². The van der Waals surface area contributed by atoms with E-state index in [2.05, 4.69) is 23.1 Å². The minimum absolute atomic E-state index is 0.141. The summed E-state index contributed by atoms with van der Waals surface area (Å²) in [4.78, 5) is 17.0. The van der Waals surface area contributed by atoms with Crippen molar-refractivity contribution in [1.29, 1.82) is 5.26 Å². The third kappa shape index (κ3) is 4.57. The molecule has 1 aliphatic heterocycles. The highest BCUT2D eigenvalue weighted by Gasteiger charge is 2.27. The van der Waals surface area contributed by atoms with E-state index < -0.39 is 0 Å². The summed E-state index contributed by atoms with van der Waals surface area (Å²) < 4.78 is 0. The predicted molar refractivity (Wildman–Crippen MR) is 86.9 cm³/mol. The SMILES string of the molecule is CCN(Cc1ccccc1)C(=O)C1CCN(CCC#N)CC1. The summed E-state index contributed by atoms with van der Waals surface area (Å²) in [5, 5.41) is 8.64. The lowest BCUT2D eigenvalue weighted by Crippen LogP contribution is -2.42. The molecule has 2 rings (SSSR count). The Morgan fingerprint density at radius 1 is 1.32 bits per heavy atom. The number of nitrogens with zero attached hydrogens (tertiary/aromatic N) is 3. The third-order valence-corrected chi connectivity index (χ3v) is 4.39. The van der Waals surface area contributed by atoms with E-state index in [1.54, 1.807) is 0 Å². The Kier molecular flexibility index (Phi) is 6.42. The van der Waals surface area contributed by atoms with Gasteiger partial charge in [0.2, 0.25) is 5.91 Å². The Hall–Kier alpha value is -1.86. The molecule has 1 aliphatic rings. The van der Waals surface area contributed by atoms with Crippen LogP contribution in [0.1, 0.15) is 31.7 Å². The average Bonchev–Trinajstić information content (AvgIpc) is 2.58. The van der Waals surface area contributed by atoms with Crippen molar-refractivity contribution in [1.82, 2.24) is 9.80 Å². The molecule has 0 aliphatic carbocycles. The van der Waals surface area contributed by atoms with Crippen molar-refractivity contribution in [3.63, 3.8) is 0 Å². The van der Waals surface area contributed by atoms with Crippen LogP contribution in [0.3, 0.4) is 0 Å². The number of nitriles is 1. The molecule has 0 unspecified atom stereocenters. The largest absolute Gasteiger partial charge is 0.338 e. The van der Waals surface area contributed by atoms with Gasteiger partial charge in [0.1, 0.15) is 0 Å². The third-order valence-electron chi connectivity index (χ3n) is 4.39. The van der Waals surface area contributed by atoms with Crippen molar-refractivity contribution in [2.75, 3.05) is 26.2 Å². The van der Waals surface area contributed by atoms with E-state index in [-0.39, 0.29) is 11.8 Å². The summed E-state index contributed by atoms with van der Waals surface area (Å²) in [7, 11) is 0. The number of rotatable bonds is 6. The van der Waals surface area contributed by atoms with Crippen LogP contribution in [0.15, 0.2) is 30.3 Å². The lowest BCUT2D eigenvalue weighted by Gasteiger charge is -2.33. The van der Waals surface area contributed by atoms with Crippen LogP contribution >= 0.6 is 0 Å². The second kappa shape index (κ2) is 8.55. The monoisotopic (exact) mass is 299 g/mol. The molecule has 1 aromatic rings. The van der Waals surface area contributed by atoms with E-state index in [1.165, 1.54) is 5.56 Å². The van der Waals surface area contributed by atoms with Gasteiger partial charge in [-0.15, -0.1) is 0 Å². The Morgan fingerprint density at radius 3 is 2.59 bits per heavy atom. The first-order valence-electron chi connectivity index (χ1n) is 8.16. The van der Waals surface area contributed by atoms with Crippen LogP contribution in [-0.4, -0.2) is 41.9 Å². The summed E-state index contributed by atoms with van der Waals surface area (Å²) in [6, 6.07) is 12.4. The van der Waals surface area contributed by atoms with E-state index in [4.69, 9.17) is 5.26 Å². The van der Waals surface area contributed by atoms with Crippen LogP contribution in [0.2, 0.25) is 0 Å². The Bertz CT molecular complexity index is 501. The first-order chi connectivity index (χ1) is 10.7. The van der Waals surface area contributed by atoms with Crippen LogP contribution in [0.5, 0.6) is 0 Å². The van der Waals surface area contributed by atoms with Crippen molar-refractivity contribution < 1.29 is 4.79 Å². The lowest BCUT2D eigenvalue weighted by atomic mass is 9.95. The number of benzene rings is 1. The maximum absolute atomic E-state index is 12.7. The molecule has 22 heavy (non-hydrogen) atoms. The van der Waals surface area contributed by atoms with E-state index in [1.807, 2.05) is 30.0 Å². The molecular weight excluding hydrogens is 274 g/mol. The summed E-state index contributed by atoms with van der Waals surface area (Å²) in [6.45, 7) is 6.19. The van der Waals surface area contributed by atoms with Crippen molar-refractivity contribution in [3.05, 3.63) is 35.9 Å². The van der Waals surface area contributed by atoms with E-state index >= 15 is 0 Å². The van der Waals surface area contributed by atoms with E-state index in [9.17, 15) is 4.79 Å². The fraction of sp³-hybridized carbons (Fsp3) is 0.556. The molecule has 1 aromatic carbocycles. The van der Waals surface area contributed by atoms with Gasteiger partial charge in [0.05, 0.1) is 6.07 Å². The molecule has 0 spiro atoms. The average molecular weight is 299 g/mol. The van der Waals surface area contributed by atoms with Gasteiger partial charge >= 0.3 is 0 Å². The summed E-state index contributed by atoms with van der Waals surface area (Å²) in [6.07, 6.45) is 2.40. The number of piperidine rings is 1. The number of likely N-dealkylation sites (tertiary alicyclic amines) is 1. The van der Waals surface area contributed by atoms with Crippen molar-refractivity contribution >= 4 is 5.91 Å². The van der Waals surface area contributed by atoms with Gasteiger partial charge in [0, 0.05) is 32.0 Å². The molecule has 1 amide bonds. The molecule has 0 aromatic heterocycles. The minimum Gasteiger partial charge on any atom is -0.338 e. The van der Waals surface area contributed by atoms with Crippen molar-refractivity contribution in [3.8, 4) is 6.07 Å². The zero-order valence-corrected chi connectivity index (χ0v) is 13.4. The second-order valence-electron chi connectivity index (χ2n) is 5.86. The Labute approximate surface area is 133 Å². The highest BCUT2D eigenvalue weighted by molar-refractivity contribution is 5.79. The van der Waals surface area contributed by atoms with Gasteiger partial charge in [0.25, 0.3) is 0 Å². The van der Waals surface area contributed by atoms with Crippen LogP contribution in [0, 0.1) is 17.2 Å². The second-order valence-corrected chi connectivity index (χ2v) is 5.86. The quantitative estimate of drug-likeness (QED) is 0.811. The first-order valence-corrected chi connectivity index (χ1v) is 8.16. The standard InChI is InChI=1S/C18H25N3O/c1-2-21(15-16-7-4-3-5-8-16)18(22)17-9-13-20(14-10-17)12-6-11-19/h3-5,7-8,17H,2,6,9-10,12-15H2,1H3. The van der Waals surface area contributed by atoms with Gasteiger partial charge in [0.15, 0.2) is 0 Å². The summed E-state index contributed by atoms with van der Waals surface area (Å²) >= 11 is 0. The van der Waals surface area contributed by atoms with Gasteiger partial charge in [-0.3, -0.25) is 4.79 Å². The van der Waals surface area contributed by atoms with Crippen molar-refractivity contribution in [2.45, 2.75) is 32.7 Å². The Balaban J connectivity index is 1.86. The highest BCUT2D eigenvalue weighted by Crippen LogP contribution is 2.20. The van der Waals surface area contributed by atoms with Gasteiger partial charge < -0.3 is 9.80 Å². The zero-order chi connectivity index (χ0) is 15.8. The van der Waals surface area contributed by atoms with Gasteiger partial charge in [-0.2, -0.15) is 5.26 Å². The summed E-state index contributed by atoms with van der Waals surface area (Å²) in [5.41, 5.74) is 1.18. The molecule has 118 valence electrons. The maximum Gasteiger partial charge on any atom is 0.226 e. The molecule has 1 fully saturated rings. The molecule has 0 bridgehead atoms. The van der Waals surface area contributed by atoms with E-state index in [0.717, 1.165) is 39.0 Å². The number of hydrogen-bond acceptors (Lipinski definition) is 3. The fourth-order valence-electron chi connectivity index (χ4n) is 3.02. The molecular formula is C18H25N3O. The fourth-order valence-corrected chi connectivity index (χ4v) is 3.02. The highest BCUT2D eigenvalue weighted by atomic mass is 16.2. The van der Waals surface area contributed by atoms with Crippen LogP contribution < -0.4 is 0 Å². The van der Waals surface area contributed by atoms with E-state index in [0.29, 0.717) is 13.0 Å². The predicted octanol–water partition coefficient (Wildman–Crippen LogP) is 2.66. The molecule has 0 atom stereocenters. The van der Waals surface area contributed by atoms with Crippen LogP contribution in [0.4, 0.5) is 0 Å². The maximum atomic E-state index is 12.7. The molecule has 0 N–H and O–H groups in total. The number of carbonyl (C=O) groups excluding carboxylic acids is 1. The van der Waals surface area contributed by atoms with Crippen molar-refractivity contribution in [2.24, 2.45) is 5.92 Å². The molecule has 0 radical (unpaired) electrons. The molecule has 0 saturated carbocycles. The van der Waals surface area contributed by atoms with Gasteiger partial charge in [-0.05, 0) is 38.4 Å². The molecule has 1 heterocycles. The molecule has 4 nitrogen and oxygen atoms in total. The van der Waals surface area contributed by atoms with Crippen LogP contribution in [0.25, 0.3) is 0 Å². The van der Waals surface area contributed by atoms with Gasteiger partial charge in [-0.25, -0.2) is 0 Å².